The van der Waals surface area contributed by atoms with E-state index in [1.165, 1.54) is 6.20 Å². The highest BCUT2D eigenvalue weighted by atomic mass is 16.1. The molecule has 0 spiro atoms. The van der Waals surface area contributed by atoms with Gasteiger partial charge in [-0.2, -0.15) is 0 Å². The van der Waals surface area contributed by atoms with E-state index in [0.29, 0.717) is 24.0 Å². The maximum Gasteiger partial charge on any atom is 0.271 e. The van der Waals surface area contributed by atoms with Crippen LogP contribution in [0.4, 0.5) is 11.5 Å². The van der Waals surface area contributed by atoms with Gasteiger partial charge in [-0.05, 0) is 24.5 Å². The molecule has 2 heterocycles. The smallest absolute Gasteiger partial charge is 0.271 e. The molecule has 0 fully saturated rings. The Morgan fingerprint density at radius 2 is 1.92 bits per heavy atom. The molecule has 25 heavy (non-hydrogen) atoms. The van der Waals surface area contributed by atoms with E-state index >= 15 is 0 Å². The predicted octanol–water partition coefficient (Wildman–Crippen LogP) is 3.54. The number of amides is 1. The number of nitrogens with one attached hydrogen (secondary N) is 2. The lowest BCUT2D eigenvalue weighted by atomic mass is 10.1. The minimum atomic E-state index is -0.202. The summed E-state index contributed by atoms with van der Waals surface area (Å²) in [6.45, 7) is 4.88. The van der Waals surface area contributed by atoms with Crippen LogP contribution in [-0.4, -0.2) is 27.4 Å². The minimum Gasteiger partial charge on any atom is -0.351 e. The summed E-state index contributed by atoms with van der Waals surface area (Å²) >= 11 is 0. The Balaban J connectivity index is 1.69. The number of fused-ring (bicyclic) bond motifs is 1. The second-order valence-electron chi connectivity index (χ2n) is 6.23. The van der Waals surface area contributed by atoms with E-state index in [-0.39, 0.29) is 5.91 Å². The standard InChI is InChI=1S/C19H21N5O/c1-13(2)8-10-21-19(25)16-11-23-17(12-22-16)24-15-7-3-5-14-6-4-9-20-18(14)15/h3-7,9,11-13H,8,10H2,1-2H3,(H,21,25)(H,23,24). The van der Waals surface area contributed by atoms with Crippen LogP contribution in [0, 0.1) is 5.92 Å². The van der Waals surface area contributed by atoms with E-state index in [4.69, 9.17) is 0 Å². The highest BCUT2D eigenvalue weighted by molar-refractivity contribution is 5.93. The van der Waals surface area contributed by atoms with Crippen molar-refractivity contribution in [2.24, 2.45) is 5.92 Å². The Labute approximate surface area is 146 Å². The van der Waals surface area contributed by atoms with E-state index in [1.807, 2.05) is 30.3 Å². The summed E-state index contributed by atoms with van der Waals surface area (Å²) in [5, 5.41) is 7.10. The summed E-state index contributed by atoms with van der Waals surface area (Å²) < 4.78 is 0. The van der Waals surface area contributed by atoms with Crippen molar-refractivity contribution in [2.75, 3.05) is 11.9 Å². The number of para-hydroxylation sites is 1. The Kier molecular flexibility index (Phi) is 5.18. The molecule has 128 valence electrons. The molecule has 6 heteroatoms. The fourth-order valence-corrected chi connectivity index (χ4v) is 2.42. The van der Waals surface area contributed by atoms with Crippen molar-refractivity contribution < 1.29 is 4.79 Å². The van der Waals surface area contributed by atoms with Gasteiger partial charge in [0.2, 0.25) is 0 Å². The van der Waals surface area contributed by atoms with Crippen molar-refractivity contribution in [1.82, 2.24) is 20.3 Å². The quantitative estimate of drug-likeness (QED) is 0.720. The van der Waals surface area contributed by atoms with Gasteiger partial charge in [-0.25, -0.2) is 9.97 Å². The molecule has 0 unspecified atom stereocenters. The van der Waals surface area contributed by atoms with Gasteiger partial charge in [0.25, 0.3) is 5.91 Å². The van der Waals surface area contributed by atoms with Crippen LogP contribution < -0.4 is 10.6 Å². The highest BCUT2D eigenvalue weighted by Gasteiger charge is 2.09. The van der Waals surface area contributed by atoms with Crippen LogP contribution >= 0.6 is 0 Å². The average molecular weight is 335 g/mol. The van der Waals surface area contributed by atoms with Gasteiger partial charge < -0.3 is 10.6 Å². The van der Waals surface area contributed by atoms with E-state index in [9.17, 15) is 4.79 Å². The SMILES string of the molecule is CC(C)CCNC(=O)c1cnc(Nc2cccc3cccnc23)cn1. The second-order valence-corrected chi connectivity index (χ2v) is 6.23. The van der Waals surface area contributed by atoms with Gasteiger partial charge in [0.15, 0.2) is 0 Å². The molecule has 0 aliphatic rings. The number of nitrogens with zero attached hydrogens (tertiary/aromatic N) is 3. The molecule has 0 saturated carbocycles. The van der Waals surface area contributed by atoms with Gasteiger partial charge in [-0.3, -0.25) is 9.78 Å². The van der Waals surface area contributed by atoms with Crippen molar-refractivity contribution in [3.05, 3.63) is 54.6 Å². The highest BCUT2D eigenvalue weighted by Crippen LogP contribution is 2.23. The molecular weight excluding hydrogens is 314 g/mol. The first-order chi connectivity index (χ1) is 12.1. The van der Waals surface area contributed by atoms with Gasteiger partial charge >= 0.3 is 0 Å². The number of hydrogen-bond acceptors (Lipinski definition) is 5. The third-order valence-electron chi connectivity index (χ3n) is 3.79. The minimum absolute atomic E-state index is 0.202. The molecule has 0 saturated heterocycles. The molecule has 1 amide bonds. The van der Waals surface area contributed by atoms with E-state index in [0.717, 1.165) is 23.0 Å². The monoisotopic (exact) mass is 335 g/mol. The molecule has 2 aromatic heterocycles. The van der Waals surface area contributed by atoms with Gasteiger partial charge in [0, 0.05) is 18.1 Å². The lowest BCUT2D eigenvalue weighted by molar-refractivity contribution is 0.0946. The Hall–Kier alpha value is -3.02. The first-order valence-electron chi connectivity index (χ1n) is 8.34. The van der Waals surface area contributed by atoms with Crippen LogP contribution in [0.2, 0.25) is 0 Å². The number of pyridine rings is 1. The first kappa shape index (κ1) is 16.8. The predicted molar refractivity (Wildman–Crippen MR) is 98.8 cm³/mol. The number of anilines is 2. The normalized spacial score (nSPS) is 10.8. The second kappa shape index (κ2) is 7.70. The van der Waals surface area contributed by atoms with Gasteiger partial charge in [0.1, 0.15) is 11.5 Å². The van der Waals surface area contributed by atoms with Crippen molar-refractivity contribution in [3.63, 3.8) is 0 Å². The summed E-state index contributed by atoms with van der Waals surface area (Å²) in [4.78, 5) is 24.9. The lowest BCUT2D eigenvalue weighted by Crippen LogP contribution is -2.26. The maximum absolute atomic E-state index is 12.0. The topological polar surface area (TPSA) is 79.8 Å². The number of rotatable bonds is 6. The third kappa shape index (κ3) is 4.29. The summed E-state index contributed by atoms with van der Waals surface area (Å²) in [5.74, 6) is 0.913. The van der Waals surface area contributed by atoms with Crippen LogP contribution in [0.5, 0.6) is 0 Å². The number of hydrogen-bond donors (Lipinski definition) is 2. The summed E-state index contributed by atoms with van der Waals surface area (Å²) in [6, 6.07) is 9.80. The van der Waals surface area contributed by atoms with Crippen molar-refractivity contribution >= 4 is 28.3 Å². The molecule has 0 radical (unpaired) electrons. The number of carbonyl (C=O) groups excluding carboxylic acids is 1. The largest absolute Gasteiger partial charge is 0.351 e. The molecule has 2 N–H and O–H groups in total. The van der Waals surface area contributed by atoms with E-state index in [2.05, 4.69) is 39.4 Å². The van der Waals surface area contributed by atoms with Crippen LogP contribution in [0.3, 0.4) is 0 Å². The molecular formula is C19H21N5O. The number of carbonyl (C=O) groups is 1. The van der Waals surface area contributed by atoms with Crippen LogP contribution in [-0.2, 0) is 0 Å². The molecule has 1 aromatic carbocycles. The molecule has 0 atom stereocenters. The van der Waals surface area contributed by atoms with Gasteiger partial charge in [-0.1, -0.05) is 32.0 Å². The van der Waals surface area contributed by atoms with E-state index in [1.54, 1.807) is 12.4 Å². The molecule has 3 aromatic rings. The van der Waals surface area contributed by atoms with E-state index < -0.39 is 0 Å². The summed E-state index contributed by atoms with van der Waals surface area (Å²) in [5.41, 5.74) is 2.02. The van der Waals surface area contributed by atoms with Crippen LogP contribution in [0.25, 0.3) is 10.9 Å². The molecule has 0 bridgehead atoms. The molecule has 0 aliphatic carbocycles. The molecule has 6 nitrogen and oxygen atoms in total. The molecule has 3 rings (SSSR count). The Morgan fingerprint density at radius 3 is 2.68 bits per heavy atom. The number of aromatic nitrogens is 3. The van der Waals surface area contributed by atoms with Gasteiger partial charge in [-0.15, -0.1) is 0 Å². The fraction of sp³-hybridized carbons (Fsp3) is 0.263. The average Bonchev–Trinajstić information content (AvgIpc) is 2.62. The fourth-order valence-electron chi connectivity index (χ4n) is 2.42. The van der Waals surface area contributed by atoms with Crippen molar-refractivity contribution in [2.45, 2.75) is 20.3 Å². The maximum atomic E-state index is 12.0. The Bertz CT molecular complexity index is 856. The zero-order valence-electron chi connectivity index (χ0n) is 14.4. The third-order valence-corrected chi connectivity index (χ3v) is 3.79. The summed E-state index contributed by atoms with van der Waals surface area (Å²) in [7, 11) is 0. The zero-order valence-corrected chi connectivity index (χ0v) is 14.4. The van der Waals surface area contributed by atoms with Crippen molar-refractivity contribution in [1.29, 1.82) is 0 Å². The molecule has 0 aliphatic heterocycles. The van der Waals surface area contributed by atoms with Gasteiger partial charge in [0.05, 0.1) is 23.6 Å². The summed E-state index contributed by atoms with van der Waals surface area (Å²) in [6.07, 6.45) is 5.72. The van der Waals surface area contributed by atoms with Crippen LogP contribution in [0.15, 0.2) is 48.9 Å². The Morgan fingerprint density at radius 1 is 1.08 bits per heavy atom. The number of benzene rings is 1. The zero-order chi connectivity index (χ0) is 17.6. The van der Waals surface area contributed by atoms with Crippen molar-refractivity contribution in [3.8, 4) is 0 Å². The lowest BCUT2D eigenvalue weighted by Gasteiger charge is -2.09. The first-order valence-corrected chi connectivity index (χ1v) is 8.34. The van der Waals surface area contributed by atoms with Crippen LogP contribution in [0.1, 0.15) is 30.8 Å².